The number of carbonyl (C=O) groups is 2. The predicted molar refractivity (Wildman–Crippen MR) is 104 cm³/mol. The van der Waals surface area contributed by atoms with E-state index in [0.29, 0.717) is 25.9 Å². The van der Waals surface area contributed by atoms with E-state index in [1.54, 1.807) is 4.90 Å². The molecule has 2 fully saturated rings. The standard InChI is InChI=1S/C20H21N5O3/c1-14(26)23-12-18-13-25(20(27)28-18)17-6-4-16(5-7-17)24-10-8-15(9-11-24)19(21-2)22-3/h4-7,18H,8-13H2,1H3,(H,23,26)/t18-/m0/s1. The first-order valence-electron chi connectivity index (χ1n) is 9.06. The molecule has 2 heterocycles. The lowest BCUT2D eigenvalue weighted by Gasteiger charge is -2.30. The quantitative estimate of drug-likeness (QED) is 0.817. The van der Waals surface area contributed by atoms with Gasteiger partial charge < -0.3 is 15.0 Å². The lowest BCUT2D eigenvalue weighted by Crippen LogP contribution is -2.33. The highest BCUT2D eigenvalue weighted by Gasteiger charge is 2.32. The van der Waals surface area contributed by atoms with Crippen LogP contribution in [-0.4, -0.2) is 44.3 Å². The number of anilines is 2. The molecule has 2 saturated heterocycles. The topological polar surface area (TPSA) is 70.6 Å². The normalized spacial score (nSPS) is 18.9. The second-order valence-electron chi connectivity index (χ2n) is 6.71. The zero-order chi connectivity index (χ0) is 20.1. The van der Waals surface area contributed by atoms with E-state index in [1.807, 2.05) is 24.3 Å². The van der Waals surface area contributed by atoms with Crippen LogP contribution in [-0.2, 0) is 9.53 Å². The Bertz CT molecular complexity index is 853. The Morgan fingerprint density at radius 2 is 1.79 bits per heavy atom. The van der Waals surface area contributed by atoms with E-state index in [1.165, 1.54) is 6.92 Å². The maximum Gasteiger partial charge on any atom is 0.518 e. The van der Waals surface area contributed by atoms with Gasteiger partial charge in [-0.25, -0.2) is 4.79 Å². The second kappa shape index (κ2) is 8.45. The van der Waals surface area contributed by atoms with Crippen molar-refractivity contribution in [2.75, 3.05) is 36.0 Å². The lowest BCUT2D eigenvalue weighted by atomic mass is 10.0. The smallest absolute Gasteiger partial charge is 0.442 e. The van der Waals surface area contributed by atoms with Crippen LogP contribution in [0.25, 0.3) is 9.69 Å². The van der Waals surface area contributed by atoms with Crippen molar-refractivity contribution in [2.45, 2.75) is 25.9 Å². The van der Waals surface area contributed by atoms with Crippen LogP contribution in [0.3, 0.4) is 0 Å². The van der Waals surface area contributed by atoms with Gasteiger partial charge in [-0.1, -0.05) is 0 Å². The van der Waals surface area contributed by atoms with Crippen molar-refractivity contribution in [2.24, 2.45) is 0 Å². The molecule has 144 valence electrons. The molecule has 0 saturated carbocycles. The number of piperidine rings is 1. The van der Waals surface area contributed by atoms with Gasteiger partial charge in [0, 0.05) is 37.0 Å². The zero-order valence-corrected chi connectivity index (χ0v) is 15.6. The van der Waals surface area contributed by atoms with Gasteiger partial charge in [0.15, 0.2) is 0 Å². The number of rotatable bonds is 4. The molecule has 8 heteroatoms. The van der Waals surface area contributed by atoms with Gasteiger partial charge in [-0.05, 0) is 37.1 Å². The van der Waals surface area contributed by atoms with Crippen LogP contribution in [0.1, 0.15) is 19.8 Å². The van der Waals surface area contributed by atoms with Gasteiger partial charge in [-0.2, -0.15) is 9.69 Å². The van der Waals surface area contributed by atoms with E-state index in [-0.39, 0.29) is 17.8 Å². The summed E-state index contributed by atoms with van der Waals surface area (Å²) in [5.74, 6) is 0.0506. The molecule has 0 radical (unpaired) electrons. The lowest BCUT2D eigenvalue weighted by molar-refractivity contribution is -0.119. The first-order valence-corrected chi connectivity index (χ1v) is 9.06. The Hall–Kier alpha value is -3.52. The Kier molecular flexibility index (Phi) is 5.81. The largest absolute Gasteiger partial charge is 0.518 e. The second-order valence-corrected chi connectivity index (χ2v) is 6.71. The van der Waals surface area contributed by atoms with E-state index in [4.69, 9.17) is 17.9 Å². The Labute approximate surface area is 164 Å². The van der Waals surface area contributed by atoms with Crippen LogP contribution >= 0.6 is 0 Å². The van der Waals surface area contributed by atoms with Gasteiger partial charge in [0.05, 0.1) is 13.1 Å². The molecular formula is C20H21N5O3. The number of ether oxygens (including phenoxy) is 1. The maximum absolute atomic E-state index is 12.1. The third-order valence-electron chi connectivity index (χ3n) is 4.87. The fourth-order valence-corrected chi connectivity index (χ4v) is 3.38. The van der Waals surface area contributed by atoms with Gasteiger partial charge in [0.2, 0.25) is 5.91 Å². The monoisotopic (exact) mass is 379 g/mol. The third kappa shape index (κ3) is 4.24. The van der Waals surface area contributed by atoms with E-state index in [0.717, 1.165) is 30.0 Å². The third-order valence-corrected chi connectivity index (χ3v) is 4.87. The highest BCUT2D eigenvalue weighted by Crippen LogP contribution is 2.28. The molecule has 3 rings (SSSR count). The van der Waals surface area contributed by atoms with Crippen molar-refractivity contribution in [1.82, 2.24) is 5.32 Å². The van der Waals surface area contributed by atoms with Crippen LogP contribution in [0.15, 0.2) is 35.7 Å². The first-order chi connectivity index (χ1) is 13.5. The summed E-state index contributed by atoms with van der Waals surface area (Å²) in [6.07, 6.45) is 0.653. The fraction of sp³-hybridized carbons (Fsp3) is 0.400. The van der Waals surface area contributed by atoms with E-state index >= 15 is 0 Å². The number of nitrogens with zero attached hydrogens (tertiary/aromatic N) is 4. The van der Waals surface area contributed by atoms with Crippen LogP contribution in [0, 0.1) is 13.1 Å². The fourth-order valence-electron chi connectivity index (χ4n) is 3.38. The summed E-state index contributed by atoms with van der Waals surface area (Å²) in [7, 11) is 0. The molecule has 2 aliphatic rings. The molecule has 1 N–H and O–H groups in total. The minimum atomic E-state index is -0.415. The number of cyclic esters (lactones) is 1. The van der Waals surface area contributed by atoms with E-state index in [9.17, 15) is 9.59 Å². The maximum atomic E-state index is 12.1. The number of benzene rings is 1. The molecule has 8 nitrogen and oxygen atoms in total. The molecule has 0 aromatic heterocycles. The molecular weight excluding hydrogens is 358 g/mol. The first kappa shape index (κ1) is 19.2. The van der Waals surface area contributed by atoms with Crippen molar-refractivity contribution in [1.29, 1.82) is 0 Å². The van der Waals surface area contributed by atoms with Crippen LogP contribution < -0.4 is 15.1 Å². The van der Waals surface area contributed by atoms with Gasteiger partial charge in [0.1, 0.15) is 19.2 Å². The van der Waals surface area contributed by atoms with Gasteiger partial charge in [-0.15, -0.1) is 0 Å². The van der Waals surface area contributed by atoms with Crippen LogP contribution in [0.2, 0.25) is 0 Å². The Balaban J connectivity index is 1.61. The Morgan fingerprint density at radius 3 is 2.36 bits per heavy atom. The molecule has 1 aromatic carbocycles. The average molecular weight is 379 g/mol. The van der Waals surface area contributed by atoms with Crippen molar-refractivity contribution >= 4 is 23.4 Å². The molecule has 1 aromatic rings. The van der Waals surface area contributed by atoms with Crippen LogP contribution in [0.5, 0.6) is 0 Å². The molecule has 0 spiro atoms. The van der Waals surface area contributed by atoms with Crippen molar-refractivity contribution < 1.29 is 14.3 Å². The summed E-state index contributed by atoms with van der Waals surface area (Å²) in [6, 6.07) is 7.69. The van der Waals surface area contributed by atoms with Gasteiger partial charge >= 0.3 is 11.9 Å². The number of hydrogen-bond acceptors (Lipinski definition) is 4. The summed E-state index contributed by atoms with van der Waals surface area (Å²) in [5, 5.41) is 2.66. The minimum Gasteiger partial charge on any atom is -0.442 e. The average Bonchev–Trinajstić information content (AvgIpc) is 3.09. The number of hydrogen-bond donors (Lipinski definition) is 1. The minimum absolute atomic E-state index is 0.154. The molecule has 0 unspecified atom stereocenters. The SMILES string of the molecule is [C-]#[N+]C([N+]#[C-])=C1CCN(c2ccc(N3C[C@H](CNC(C)=O)OC3=O)cc2)CC1. The highest BCUT2D eigenvalue weighted by atomic mass is 16.6. The molecule has 28 heavy (non-hydrogen) atoms. The number of carbonyl (C=O) groups excluding carboxylic acids is 2. The zero-order valence-electron chi connectivity index (χ0n) is 15.6. The Morgan fingerprint density at radius 1 is 1.18 bits per heavy atom. The highest BCUT2D eigenvalue weighted by molar-refractivity contribution is 5.90. The number of amides is 2. The van der Waals surface area contributed by atoms with Crippen LogP contribution in [0.4, 0.5) is 16.2 Å². The molecule has 2 amide bonds. The van der Waals surface area contributed by atoms with Crippen molar-refractivity contribution in [3.05, 3.63) is 58.5 Å². The number of nitrogens with one attached hydrogen (secondary N) is 1. The van der Waals surface area contributed by atoms with E-state index < -0.39 is 6.09 Å². The summed E-state index contributed by atoms with van der Waals surface area (Å²) >= 11 is 0. The molecule has 0 aliphatic carbocycles. The van der Waals surface area contributed by atoms with Crippen molar-refractivity contribution in [3.63, 3.8) is 0 Å². The molecule has 1 atom stereocenters. The molecule has 0 bridgehead atoms. The van der Waals surface area contributed by atoms with Gasteiger partial charge in [0.25, 0.3) is 0 Å². The summed E-state index contributed by atoms with van der Waals surface area (Å²) in [6.45, 7) is 17.8. The van der Waals surface area contributed by atoms with Gasteiger partial charge in [-0.3, -0.25) is 9.69 Å². The van der Waals surface area contributed by atoms with Crippen molar-refractivity contribution in [3.8, 4) is 0 Å². The summed E-state index contributed by atoms with van der Waals surface area (Å²) in [5.41, 5.74) is 2.72. The summed E-state index contributed by atoms with van der Waals surface area (Å²) < 4.78 is 5.29. The predicted octanol–water partition coefficient (Wildman–Crippen LogP) is 2.80. The summed E-state index contributed by atoms with van der Waals surface area (Å²) in [4.78, 5) is 33.5. The van der Waals surface area contributed by atoms with E-state index in [2.05, 4.69) is 19.9 Å². The molecule has 2 aliphatic heterocycles.